The Hall–Kier alpha value is -2.62. The smallest absolute Gasteiger partial charge is 0.255 e. The van der Waals surface area contributed by atoms with Gasteiger partial charge in [0.2, 0.25) is 0 Å². The molecule has 1 heterocycles. The number of nitrogens with one attached hydrogen (secondary N) is 1. The fourth-order valence-corrected chi connectivity index (χ4v) is 3.29. The van der Waals surface area contributed by atoms with Crippen molar-refractivity contribution < 1.29 is 13.9 Å². The largest absolute Gasteiger partial charge is 0.489 e. The van der Waals surface area contributed by atoms with E-state index in [0.717, 1.165) is 12.0 Å². The Morgan fingerprint density at radius 1 is 1.13 bits per heavy atom. The molecule has 1 amide bonds. The average molecular weight is 309 g/mol. The van der Waals surface area contributed by atoms with Gasteiger partial charge in [0.05, 0.1) is 5.56 Å². The summed E-state index contributed by atoms with van der Waals surface area (Å²) in [5.41, 5.74) is 1.81. The summed E-state index contributed by atoms with van der Waals surface area (Å²) < 4.78 is 20.1. The molecule has 0 fully saturated rings. The van der Waals surface area contributed by atoms with Gasteiger partial charge in [-0.3, -0.25) is 4.79 Å². The summed E-state index contributed by atoms with van der Waals surface area (Å²) in [7, 11) is 0. The molecule has 0 radical (unpaired) electrons. The van der Waals surface area contributed by atoms with Gasteiger partial charge in [0.15, 0.2) is 0 Å². The Morgan fingerprint density at radius 2 is 1.96 bits per heavy atom. The number of rotatable bonds is 3. The molecule has 4 rings (SSSR count). The van der Waals surface area contributed by atoms with Crippen LogP contribution in [-0.4, -0.2) is 11.9 Å². The van der Waals surface area contributed by atoms with E-state index >= 15 is 0 Å². The maximum absolute atomic E-state index is 14.2. The van der Waals surface area contributed by atoms with Crippen molar-refractivity contribution in [1.82, 2.24) is 5.32 Å². The second-order valence-electron chi connectivity index (χ2n) is 5.92. The number of allylic oxidation sites excluding steroid dienone is 1. The van der Waals surface area contributed by atoms with Gasteiger partial charge in [0.25, 0.3) is 5.91 Å². The van der Waals surface area contributed by atoms with Crippen molar-refractivity contribution in [3.05, 3.63) is 77.1 Å². The number of amides is 1. The van der Waals surface area contributed by atoms with Crippen LogP contribution in [0.5, 0.6) is 5.75 Å². The molecule has 1 aliphatic heterocycles. The summed E-state index contributed by atoms with van der Waals surface area (Å²) in [5, 5.41) is 2.85. The normalized spacial score (nSPS) is 21.5. The van der Waals surface area contributed by atoms with E-state index in [1.54, 1.807) is 6.07 Å². The number of carbonyl (C=O) groups is 1. The molecule has 0 aromatic heterocycles. The van der Waals surface area contributed by atoms with E-state index < -0.39 is 5.82 Å². The van der Waals surface area contributed by atoms with Crippen LogP contribution in [0.4, 0.5) is 4.39 Å². The highest BCUT2D eigenvalue weighted by molar-refractivity contribution is 5.98. The molecule has 0 saturated carbocycles. The molecule has 2 unspecified atom stereocenters. The van der Waals surface area contributed by atoms with Gasteiger partial charge < -0.3 is 10.1 Å². The van der Waals surface area contributed by atoms with E-state index in [9.17, 15) is 9.18 Å². The first-order valence-corrected chi connectivity index (χ1v) is 7.70. The summed E-state index contributed by atoms with van der Waals surface area (Å²) in [6.07, 6.45) is 4.75. The Kier molecular flexibility index (Phi) is 3.37. The second kappa shape index (κ2) is 5.54. The van der Waals surface area contributed by atoms with Crippen molar-refractivity contribution in [2.24, 2.45) is 0 Å². The van der Waals surface area contributed by atoms with E-state index in [0.29, 0.717) is 17.9 Å². The Balaban J connectivity index is 1.72. The van der Waals surface area contributed by atoms with E-state index in [1.165, 1.54) is 6.07 Å². The SMILES string of the molecule is O=C1NC2C=CC(C2)c2c(OCc3ccccc3)ccc(F)c21. The number of hydrogen-bond acceptors (Lipinski definition) is 2. The summed E-state index contributed by atoms with van der Waals surface area (Å²) in [6.45, 7) is 0.389. The molecule has 3 nitrogen and oxygen atoms in total. The van der Waals surface area contributed by atoms with E-state index in [4.69, 9.17) is 4.74 Å². The van der Waals surface area contributed by atoms with Crippen LogP contribution in [0.2, 0.25) is 0 Å². The van der Waals surface area contributed by atoms with Gasteiger partial charge in [-0.15, -0.1) is 0 Å². The lowest BCUT2D eigenvalue weighted by Gasteiger charge is -2.17. The van der Waals surface area contributed by atoms with Crippen molar-refractivity contribution in [1.29, 1.82) is 0 Å². The van der Waals surface area contributed by atoms with E-state index in [1.807, 2.05) is 42.5 Å². The third-order valence-electron chi connectivity index (χ3n) is 4.39. The summed E-state index contributed by atoms with van der Waals surface area (Å²) in [4.78, 5) is 12.3. The Labute approximate surface area is 133 Å². The number of ether oxygens (including phenoxy) is 1. The third-order valence-corrected chi connectivity index (χ3v) is 4.39. The standard InChI is InChI=1S/C19H16FNO2/c20-15-8-9-16(23-11-12-4-2-1-3-5-12)17-13-6-7-14(10-13)21-19(22)18(15)17/h1-9,13-14H,10-11H2,(H,21,22). The maximum atomic E-state index is 14.2. The highest BCUT2D eigenvalue weighted by Crippen LogP contribution is 2.40. The molecule has 1 aliphatic carbocycles. The minimum absolute atomic E-state index is 0.00965. The van der Waals surface area contributed by atoms with Crippen molar-refractivity contribution in [3.63, 3.8) is 0 Å². The van der Waals surface area contributed by atoms with Crippen LogP contribution < -0.4 is 10.1 Å². The van der Waals surface area contributed by atoms with Crippen LogP contribution in [0, 0.1) is 5.82 Å². The molecule has 2 aromatic rings. The first kappa shape index (κ1) is 14.0. The monoisotopic (exact) mass is 309 g/mol. The fraction of sp³-hybridized carbons (Fsp3) is 0.211. The highest BCUT2D eigenvalue weighted by atomic mass is 19.1. The first-order valence-electron chi connectivity index (χ1n) is 7.70. The zero-order valence-electron chi connectivity index (χ0n) is 12.5. The number of fused-ring (bicyclic) bond motifs is 4. The topological polar surface area (TPSA) is 38.3 Å². The predicted octanol–water partition coefficient (Wildman–Crippen LogP) is 3.56. The molecule has 2 atom stereocenters. The fourth-order valence-electron chi connectivity index (χ4n) is 3.29. The molecule has 116 valence electrons. The molecule has 2 aliphatic rings. The van der Waals surface area contributed by atoms with Crippen LogP contribution in [-0.2, 0) is 6.61 Å². The number of hydrogen-bond donors (Lipinski definition) is 1. The van der Waals surface area contributed by atoms with Gasteiger partial charge in [-0.25, -0.2) is 4.39 Å². The quantitative estimate of drug-likeness (QED) is 0.880. The van der Waals surface area contributed by atoms with E-state index in [2.05, 4.69) is 5.32 Å². The van der Waals surface area contributed by atoms with Crippen LogP contribution >= 0.6 is 0 Å². The van der Waals surface area contributed by atoms with Crippen LogP contribution in [0.3, 0.4) is 0 Å². The Bertz CT molecular complexity index is 785. The molecule has 1 N–H and O–H groups in total. The molecule has 0 spiro atoms. The van der Waals surface area contributed by atoms with Crippen LogP contribution in [0.1, 0.15) is 33.8 Å². The van der Waals surface area contributed by atoms with Gasteiger partial charge in [0, 0.05) is 17.5 Å². The van der Waals surface area contributed by atoms with Gasteiger partial charge in [-0.2, -0.15) is 0 Å². The van der Waals surface area contributed by atoms with Crippen molar-refractivity contribution in [2.75, 3.05) is 0 Å². The lowest BCUT2D eigenvalue weighted by Crippen LogP contribution is -2.31. The molecule has 0 saturated heterocycles. The van der Waals surface area contributed by atoms with E-state index in [-0.39, 0.29) is 23.4 Å². The zero-order valence-corrected chi connectivity index (χ0v) is 12.5. The minimum Gasteiger partial charge on any atom is -0.489 e. The van der Waals surface area contributed by atoms with Crippen molar-refractivity contribution in [3.8, 4) is 5.75 Å². The van der Waals surface area contributed by atoms with Gasteiger partial charge >= 0.3 is 0 Å². The van der Waals surface area contributed by atoms with Crippen molar-refractivity contribution >= 4 is 5.91 Å². The lowest BCUT2D eigenvalue weighted by atomic mass is 9.92. The lowest BCUT2D eigenvalue weighted by molar-refractivity contribution is 0.0942. The summed E-state index contributed by atoms with van der Waals surface area (Å²) in [6, 6.07) is 12.7. The third kappa shape index (κ3) is 2.50. The highest BCUT2D eigenvalue weighted by Gasteiger charge is 2.34. The first-order chi connectivity index (χ1) is 11.2. The van der Waals surface area contributed by atoms with Gasteiger partial charge in [-0.05, 0) is 24.1 Å². The van der Waals surface area contributed by atoms with Gasteiger partial charge in [0.1, 0.15) is 18.2 Å². The molecular formula is C19H16FNO2. The zero-order chi connectivity index (χ0) is 15.8. The number of halogens is 1. The van der Waals surface area contributed by atoms with Crippen molar-refractivity contribution in [2.45, 2.75) is 25.0 Å². The number of carbonyl (C=O) groups excluding carboxylic acids is 1. The second-order valence-corrected chi connectivity index (χ2v) is 5.92. The molecule has 23 heavy (non-hydrogen) atoms. The summed E-state index contributed by atoms with van der Waals surface area (Å²) in [5.74, 6) is -0.266. The molecular weight excluding hydrogens is 293 g/mol. The Morgan fingerprint density at radius 3 is 2.78 bits per heavy atom. The number of benzene rings is 2. The molecule has 2 aromatic carbocycles. The maximum Gasteiger partial charge on any atom is 0.255 e. The van der Waals surface area contributed by atoms with Gasteiger partial charge in [-0.1, -0.05) is 42.5 Å². The van der Waals surface area contributed by atoms with Crippen LogP contribution in [0.25, 0.3) is 0 Å². The van der Waals surface area contributed by atoms with Crippen LogP contribution in [0.15, 0.2) is 54.6 Å². The molecule has 4 heteroatoms. The average Bonchev–Trinajstić information content (AvgIpc) is 2.95. The molecule has 2 bridgehead atoms. The summed E-state index contributed by atoms with van der Waals surface area (Å²) >= 11 is 0. The predicted molar refractivity (Wildman–Crippen MR) is 84.9 cm³/mol. The minimum atomic E-state index is -0.495.